The van der Waals surface area contributed by atoms with E-state index in [-0.39, 0.29) is 17.9 Å². The summed E-state index contributed by atoms with van der Waals surface area (Å²) < 4.78 is 4.76. The van der Waals surface area contributed by atoms with Crippen molar-refractivity contribution in [2.45, 2.75) is 25.4 Å². The normalized spacial score (nSPS) is 20.8. The number of benzene rings is 1. The number of nitrogens with zero attached hydrogens (tertiary/aromatic N) is 4. The maximum atomic E-state index is 12.4. The Kier molecular flexibility index (Phi) is 5.23. The SMILES string of the molecule is COC(=O)c1ccc(N2CCN(Cc3cnc4c(c3)NC(=O)C3CCCN43)CC2)cc1. The molecule has 3 aliphatic heterocycles. The van der Waals surface area contributed by atoms with Crippen LogP contribution in [0.5, 0.6) is 0 Å². The summed E-state index contributed by atoms with van der Waals surface area (Å²) in [6, 6.07) is 9.59. The molecule has 0 spiro atoms. The fourth-order valence-electron chi connectivity index (χ4n) is 4.77. The second-order valence-corrected chi connectivity index (χ2v) is 8.36. The maximum absolute atomic E-state index is 12.4. The summed E-state index contributed by atoms with van der Waals surface area (Å²) in [7, 11) is 1.39. The Bertz CT molecular complexity index is 985. The zero-order chi connectivity index (χ0) is 21.4. The van der Waals surface area contributed by atoms with Crippen molar-refractivity contribution < 1.29 is 14.3 Å². The van der Waals surface area contributed by atoms with Crippen molar-refractivity contribution in [1.82, 2.24) is 9.88 Å². The van der Waals surface area contributed by atoms with E-state index in [1.807, 2.05) is 30.5 Å². The molecule has 31 heavy (non-hydrogen) atoms. The Labute approximate surface area is 181 Å². The van der Waals surface area contributed by atoms with Gasteiger partial charge in [0.05, 0.1) is 18.4 Å². The zero-order valence-electron chi connectivity index (χ0n) is 17.7. The number of carbonyl (C=O) groups is 2. The molecule has 0 radical (unpaired) electrons. The molecule has 1 N–H and O–H groups in total. The van der Waals surface area contributed by atoms with Crippen molar-refractivity contribution in [1.29, 1.82) is 0 Å². The number of hydrogen-bond acceptors (Lipinski definition) is 7. The molecule has 1 aromatic carbocycles. The number of fused-ring (bicyclic) bond motifs is 3. The molecule has 2 fully saturated rings. The van der Waals surface area contributed by atoms with Crippen molar-refractivity contribution in [3.8, 4) is 0 Å². The van der Waals surface area contributed by atoms with Gasteiger partial charge in [-0.2, -0.15) is 0 Å². The van der Waals surface area contributed by atoms with Gasteiger partial charge >= 0.3 is 5.97 Å². The van der Waals surface area contributed by atoms with E-state index in [0.29, 0.717) is 5.56 Å². The molecule has 4 heterocycles. The quantitative estimate of drug-likeness (QED) is 0.758. The van der Waals surface area contributed by atoms with Gasteiger partial charge in [-0.25, -0.2) is 9.78 Å². The predicted molar refractivity (Wildman–Crippen MR) is 119 cm³/mol. The Hall–Kier alpha value is -3.13. The minimum atomic E-state index is -0.313. The van der Waals surface area contributed by atoms with Crippen molar-refractivity contribution in [3.63, 3.8) is 0 Å². The van der Waals surface area contributed by atoms with Gasteiger partial charge in [-0.05, 0) is 48.7 Å². The number of nitrogens with one attached hydrogen (secondary N) is 1. The van der Waals surface area contributed by atoms with Gasteiger partial charge in [0.2, 0.25) is 5.91 Å². The van der Waals surface area contributed by atoms with Crippen molar-refractivity contribution in [2.75, 3.05) is 55.0 Å². The molecule has 1 amide bonds. The number of amides is 1. The molecule has 0 saturated carbocycles. The molecule has 5 rings (SSSR count). The van der Waals surface area contributed by atoms with Crippen LogP contribution in [0.2, 0.25) is 0 Å². The third kappa shape index (κ3) is 3.83. The molecule has 2 aromatic rings. The first kappa shape index (κ1) is 19.8. The Balaban J connectivity index is 1.20. The van der Waals surface area contributed by atoms with Crippen LogP contribution in [0.1, 0.15) is 28.8 Å². The molecule has 0 bridgehead atoms. The lowest BCUT2D eigenvalue weighted by Gasteiger charge is -2.36. The van der Waals surface area contributed by atoms with E-state index in [1.165, 1.54) is 7.11 Å². The second kappa shape index (κ2) is 8.19. The first-order valence-electron chi connectivity index (χ1n) is 10.8. The van der Waals surface area contributed by atoms with Gasteiger partial charge in [0.25, 0.3) is 0 Å². The molecule has 3 aliphatic rings. The van der Waals surface area contributed by atoms with Crippen LogP contribution in [0.3, 0.4) is 0 Å². The topological polar surface area (TPSA) is 78.0 Å². The summed E-state index contributed by atoms with van der Waals surface area (Å²) in [5.41, 5.74) is 3.64. The molecule has 8 heteroatoms. The number of anilines is 3. The van der Waals surface area contributed by atoms with E-state index in [0.717, 1.165) is 74.9 Å². The number of pyridine rings is 1. The summed E-state index contributed by atoms with van der Waals surface area (Å²) >= 11 is 0. The van der Waals surface area contributed by atoms with Crippen LogP contribution in [0, 0.1) is 0 Å². The van der Waals surface area contributed by atoms with Crippen LogP contribution in [-0.4, -0.2) is 67.6 Å². The number of methoxy groups -OCH3 is 1. The molecular weight excluding hydrogens is 394 g/mol. The number of hydrogen-bond donors (Lipinski definition) is 1. The van der Waals surface area contributed by atoms with Crippen LogP contribution >= 0.6 is 0 Å². The maximum Gasteiger partial charge on any atom is 0.337 e. The molecule has 1 aromatic heterocycles. The first-order chi connectivity index (χ1) is 15.1. The van der Waals surface area contributed by atoms with Gasteiger partial charge in [0, 0.05) is 51.2 Å². The lowest BCUT2D eigenvalue weighted by molar-refractivity contribution is -0.117. The smallest absolute Gasteiger partial charge is 0.337 e. The van der Waals surface area contributed by atoms with Crippen LogP contribution in [0.25, 0.3) is 0 Å². The second-order valence-electron chi connectivity index (χ2n) is 8.36. The van der Waals surface area contributed by atoms with Crippen LogP contribution in [0.15, 0.2) is 36.5 Å². The summed E-state index contributed by atoms with van der Waals surface area (Å²) in [5.74, 6) is 0.688. The van der Waals surface area contributed by atoms with Crippen LogP contribution in [0.4, 0.5) is 17.2 Å². The van der Waals surface area contributed by atoms with E-state index in [4.69, 9.17) is 9.72 Å². The molecule has 1 unspecified atom stereocenters. The first-order valence-corrected chi connectivity index (χ1v) is 10.8. The van der Waals surface area contributed by atoms with Crippen molar-refractivity contribution in [2.24, 2.45) is 0 Å². The summed E-state index contributed by atoms with van der Waals surface area (Å²) in [6.45, 7) is 5.44. The van der Waals surface area contributed by atoms with Gasteiger partial charge in [-0.1, -0.05) is 0 Å². The lowest BCUT2D eigenvalue weighted by Crippen LogP contribution is -2.46. The molecular formula is C23H27N5O3. The third-order valence-corrected chi connectivity index (χ3v) is 6.44. The van der Waals surface area contributed by atoms with Gasteiger partial charge in [-0.15, -0.1) is 0 Å². The Morgan fingerprint density at radius 2 is 1.94 bits per heavy atom. The highest BCUT2D eigenvalue weighted by Crippen LogP contribution is 2.35. The number of rotatable bonds is 4. The number of esters is 1. The van der Waals surface area contributed by atoms with Gasteiger partial charge in [0.1, 0.15) is 6.04 Å². The minimum Gasteiger partial charge on any atom is -0.465 e. The van der Waals surface area contributed by atoms with E-state index < -0.39 is 0 Å². The largest absolute Gasteiger partial charge is 0.465 e. The summed E-state index contributed by atoms with van der Waals surface area (Å²) in [4.78, 5) is 35.5. The van der Waals surface area contributed by atoms with E-state index >= 15 is 0 Å². The summed E-state index contributed by atoms with van der Waals surface area (Å²) in [6.07, 6.45) is 3.89. The van der Waals surface area contributed by atoms with E-state index in [2.05, 4.69) is 26.1 Å². The number of aromatic nitrogens is 1. The highest BCUT2D eigenvalue weighted by atomic mass is 16.5. The average molecular weight is 422 g/mol. The molecule has 0 aliphatic carbocycles. The van der Waals surface area contributed by atoms with Crippen LogP contribution in [-0.2, 0) is 16.1 Å². The minimum absolute atomic E-state index is 0.0550. The Morgan fingerprint density at radius 3 is 2.68 bits per heavy atom. The molecule has 162 valence electrons. The van der Waals surface area contributed by atoms with Gasteiger partial charge < -0.3 is 19.9 Å². The fourth-order valence-corrected chi connectivity index (χ4v) is 4.77. The summed E-state index contributed by atoms with van der Waals surface area (Å²) in [5, 5.41) is 3.05. The highest BCUT2D eigenvalue weighted by molar-refractivity contribution is 6.03. The van der Waals surface area contributed by atoms with Crippen molar-refractivity contribution >= 4 is 29.1 Å². The molecule has 2 saturated heterocycles. The highest BCUT2D eigenvalue weighted by Gasteiger charge is 2.37. The lowest BCUT2D eigenvalue weighted by atomic mass is 10.1. The number of piperazine rings is 1. The third-order valence-electron chi connectivity index (χ3n) is 6.44. The van der Waals surface area contributed by atoms with E-state index in [9.17, 15) is 9.59 Å². The van der Waals surface area contributed by atoms with Crippen molar-refractivity contribution in [3.05, 3.63) is 47.7 Å². The average Bonchev–Trinajstić information content (AvgIpc) is 3.30. The zero-order valence-corrected chi connectivity index (χ0v) is 17.7. The van der Waals surface area contributed by atoms with Gasteiger partial charge in [0.15, 0.2) is 5.82 Å². The van der Waals surface area contributed by atoms with Gasteiger partial charge in [-0.3, -0.25) is 9.69 Å². The molecule has 8 nitrogen and oxygen atoms in total. The fraction of sp³-hybridized carbons (Fsp3) is 0.435. The Morgan fingerprint density at radius 1 is 1.16 bits per heavy atom. The van der Waals surface area contributed by atoms with E-state index in [1.54, 1.807) is 0 Å². The monoisotopic (exact) mass is 421 g/mol. The number of ether oxygens (including phenoxy) is 1. The standard InChI is InChI=1S/C23H27N5O3/c1-31-23(30)17-4-6-18(7-5-17)27-11-9-26(10-12-27)15-16-13-19-21(24-14-16)28-8-2-3-20(28)22(29)25-19/h4-7,13-14,20H,2-3,8-12,15H2,1H3,(H,25,29). The molecule has 1 atom stereocenters. The predicted octanol–water partition coefficient (Wildman–Crippen LogP) is 2.11. The van der Waals surface area contributed by atoms with Crippen LogP contribution < -0.4 is 15.1 Å². The number of carbonyl (C=O) groups excluding carboxylic acids is 2.